The van der Waals surface area contributed by atoms with Crippen LogP contribution in [0.15, 0.2) is 36.7 Å². The third-order valence-corrected chi connectivity index (χ3v) is 5.16. The molecule has 1 N–H and O–H groups in total. The fraction of sp³-hybridized carbons (Fsp3) is 0.429. The van der Waals surface area contributed by atoms with Crippen molar-refractivity contribution >= 4 is 11.9 Å². The summed E-state index contributed by atoms with van der Waals surface area (Å²) in [5.74, 6) is -0.219. The monoisotopic (exact) mass is 367 g/mol. The van der Waals surface area contributed by atoms with Crippen LogP contribution in [-0.2, 0) is 6.42 Å². The van der Waals surface area contributed by atoms with Crippen molar-refractivity contribution in [2.24, 2.45) is 5.92 Å². The molecule has 2 heterocycles. The van der Waals surface area contributed by atoms with Crippen LogP contribution in [0.25, 0.3) is 0 Å². The maximum atomic E-state index is 12.5. The van der Waals surface area contributed by atoms with Crippen molar-refractivity contribution in [1.82, 2.24) is 14.9 Å². The lowest BCUT2D eigenvalue weighted by molar-refractivity contribution is 0.0669. The van der Waals surface area contributed by atoms with Crippen LogP contribution in [0.2, 0.25) is 0 Å². The molecule has 0 radical (unpaired) electrons. The molecule has 0 atom stereocenters. The second kappa shape index (κ2) is 8.29. The fourth-order valence-electron chi connectivity index (χ4n) is 3.42. The molecule has 6 heteroatoms. The highest BCUT2D eigenvalue weighted by molar-refractivity contribution is 5.92. The van der Waals surface area contributed by atoms with Gasteiger partial charge in [0.2, 0.25) is 0 Å². The van der Waals surface area contributed by atoms with Crippen LogP contribution in [0, 0.1) is 5.92 Å². The summed E-state index contributed by atoms with van der Waals surface area (Å²) >= 11 is 0. The molecule has 27 heavy (non-hydrogen) atoms. The number of carboxylic acid groups (broad SMARTS) is 1. The highest BCUT2D eigenvalue weighted by Gasteiger charge is 2.25. The van der Waals surface area contributed by atoms with Gasteiger partial charge in [-0.25, -0.2) is 14.8 Å². The molecule has 0 spiro atoms. The lowest BCUT2D eigenvalue weighted by atomic mass is 9.89. The summed E-state index contributed by atoms with van der Waals surface area (Å²) in [5, 5.41) is 8.86. The number of nitrogens with zero attached hydrogens (tertiary/aromatic N) is 3. The Morgan fingerprint density at radius 3 is 2.19 bits per heavy atom. The van der Waals surface area contributed by atoms with Gasteiger partial charge in [-0.15, -0.1) is 0 Å². The standard InChI is InChI=1S/C21H25N3O3/c1-14(2)17-5-3-15(4-6-17)11-16-7-9-24(10-8-16)20(25)18-12-23-19(13-22-18)21(26)27/h3-6,12-14,16H,7-11H2,1-2H3,(H,26,27). The number of piperidine rings is 1. The average Bonchev–Trinajstić information content (AvgIpc) is 2.68. The van der Waals surface area contributed by atoms with Crippen LogP contribution in [0.3, 0.4) is 0 Å². The summed E-state index contributed by atoms with van der Waals surface area (Å²) in [7, 11) is 0. The molecular weight excluding hydrogens is 342 g/mol. The highest BCUT2D eigenvalue weighted by atomic mass is 16.4. The number of hydrogen-bond acceptors (Lipinski definition) is 4. The Balaban J connectivity index is 1.53. The van der Waals surface area contributed by atoms with E-state index in [0.717, 1.165) is 25.5 Å². The number of amides is 1. The number of rotatable bonds is 5. The van der Waals surface area contributed by atoms with Crippen molar-refractivity contribution < 1.29 is 14.7 Å². The van der Waals surface area contributed by atoms with Crippen molar-refractivity contribution in [3.8, 4) is 0 Å². The highest BCUT2D eigenvalue weighted by Crippen LogP contribution is 2.24. The first-order valence-electron chi connectivity index (χ1n) is 9.37. The molecule has 1 aliphatic rings. The number of hydrogen-bond donors (Lipinski definition) is 1. The average molecular weight is 367 g/mol. The SMILES string of the molecule is CC(C)c1ccc(CC2CCN(C(=O)c3cnc(C(=O)O)cn3)CC2)cc1. The van der Waals surface area contributed by atoms with E-state index < -0.39 is 5.97 Å². The normalized spacial score (nSPS) is 15.1. The van der Waals surface area contributed by atoms with E-state index >= 15 is 0 Å². The number of carbonyl (C=O) groups is 2. The molecule has 0 unspecified atom stereocenters. The predicted octanol–water partition coefficient (Wildman–Crippen LogP) is 3.39. The molecule has 1 aromatic heterocycles. The quantitative estimate of drug-likeness (QED) is 0.876. The van der Waals surface area contributed by atoms with E-state index in [4.69, 9.17) is 5.11 Å². The first-order chi connectivity index (χ1) is 12.9. The molecule has 1 aliphatic heterocycles. The Kier molecular flexibility index (Phi) is 5.84. The molecule has 0 aliphatic carbocycles. The van der Waals surface area contributed by atoms with Gasteiger partial charge in [0.1, 0.15) is 5.69 Å². The summed E-state index contributed by atoms with van der Waals surface area (Å²) in [6.45, 7) is 5.77. The maximum absolute atomic E-state index is 12.5. The van der Waals surface area contributed by atoms with Gasteiger partial charge in [-0.1, -0.05) is 38.1 Å². The minimum Gasteiger partial charge on any atom is -0.476 e. The minimum absolute atomic E-state index is 0.159. The van der Waals surface area contributed by atoms with Crippen molar-refractivity contribution in [1.29, 1.82) is 0 Å². The molecule has 2 aromatic rings. The predicted molar refractivity (Wildman–Crippen MR) is 102 cm³/mol. The molecule has 1 saturated heterocycles. The van der Waals surface area contributed by atoms with Crippen LogP contribution in [0.4, 0.5) is 0 Å². The lowest BCUT2D eigenvalue weighted by Gasteiger charge is -2.31. The van der Waals surface area contributed by atoms with E-state index in [-0.39, 0.29) is 17.3 Å². The van der Waals surface area contributed by atoms with E-state index in [2.05, 4.69) is 48.1 Å². The van der Waals surface area contributed by atoms with Crippen molar-refractivity contribution in [2.45, 2.75) is 39.0 Å². The fourth-order valence-corrected chi connectivity index (χ4v) is 3.42. The largest absolute Gasteiger partial charge is 0.476 e. The maximum Gasteiger partial charge on any atom is 0.356 e. The Morgan fingerprint density at radius 2 is 1.67 bits per heavy atom. The van der Waals surface area contributed by atoms with Crippen LogP contribution in [-0.4, -0.2) is 44.9 Å². The Labute approximate surface area is 159 Å². The van der Waals surface area contributed by atoms with Gasteiger partial charge in [-0.05, 0) is 42.2 Å². The number of aromatic nitrogens is 2. The minimum atomic E-state index is -1.15. The second-order valence-corrected chi connectivity index (χ2v) is 7.43. The molecule has 142 valence electrons. The summed E-state index contributed by atoms with van der Waals surface area (Å²) < 4.78 is 0. The van der Waals surface area contributed by atoms with Gasteiger partial charge >= 0.3 is 5.97 Å². The molecule has 6 nitrogen and oxygen atoms in total. The Bertz CT molecular complexity index is 792. The number of aromatic carboxylic acids is 1. The number of benzene rings is 1. The first kappa shape index (κ1) is 19.0. The van der Waals surface area contributed by atoms with Crippen molar-refractivity contribution in [2.75, 3.05) is 13.1 Å². The second-order valence-electron chi connectivity index (χ2n) is 7.43. The van der Waals surface area contributed by atoms with Crippen LogP contribution >= 0.6 is 0 Å². The van der Waals surface area contributed by atoms with Crippen LogP contribution < -0.4 is 0 Å². The van der Waals surface area contributed by atoms with Gasteiger partial charge in [0, 0.05) is 13.1 Å². The zero-order valence-corrected chi connectivity index (χ0v) is 15.8. The smallest absolute Gasteiger partial charge is 0.356 e. The third-order valence-electron chi connectivity index (χ3n) is 5.16. The molecule has 1 amide bonds. The summed E-state index contributed by atoms with van der Waals surface area (Å²) in [6.07, 6.45) is 5.32. The molecule has 1 aromatic carbocycles. The van der Waals surface area contributed by atoms with Crippen LogP contribution in [0.5, 0.6) is 0 Å². The zero-order valence-electron chi connectivity index (χ0n) is 15.8. The molecule has 3 rings (SSSR count). The molecule has 1 fully saturated rings. The zero-order chi connectivity index (χ0) is 19.4. The Hall–Kier alpha value is -2.76. The van der Waals surface area contributed by atoms with E-state index in [1.54, 1.807) is 4.90 Å². The molecule has 0 bridgehead atoms. The van der Waals surface area contributed by atoms with E-state index in [1.807, 2.05) is 0 Å². The van der Waals surface area contributed by atoms with E-state index in [0.29, 0.717) is 24.9 Å². The molecule has 0 saturated carbocycles. The van der Waals surface area contributed by atoms with Gasteiger partial charge in [-0.3, -0.25) is 4.79 Å². The Morgan fingerprint density at radius 1 is 1.07 bits per heavy atom. The summed E-state index contributed by atoms with van der Waals surface area (Å²) in [6, 6.07) is 8.84. The first-order valence-corrected chi connectivity index (χ1v) is 9.37. The lowest BCUT2D eigenvalue weighted by Crippen LogP contribution is -2.39. The topological polar surface area (TPSA) is 83.4 Å². The van der Waals surface area contributed by atoms with Crippen molar-refractivity contribution in [3.05, 3.63) is 59.2 Å². The van der Waals surface area contributed by atoms with Gasteiger partial charge < -0.3 is 10.0 Å². The van der Waals surface area contributed by atoms with Gasteiger partial charge in [0.25, 0.3) is 5.91 Å². The van der Waals surface area contributed by atoms with E-state index in [1.165, 1.54) is 17.3 Å². The van der Waals surface area contributed by atoms with E-state index in [9.17, 15) is 9.59 Å². The summed E-state index contributed by atoms with van der Waals surface area (Å²) in [5.41, 5.74) is 2.74. The number of carboxylic acids is 1. The number of carbonyl (C=O) groups excluding carboxylic acids is 1. The van der Waals surface area contributed by atoms with Gasteiger partial charge in [0.05, 0.1) is 12.4 Å². The van der Waals surface area contributed by atoms with Gasteiger partial charge in [-0.2, -0.15) is 0 Å². The molecular formula is C21H25N3O3. The number of likely N-dealkylation sites (tertiary alicyclic amines) is 1. The van der Waals surface area contributed by atoms with Crippen LogP contribution in [0.1, 0.15) is 64.7 Å². The third kappa shape index (κ3) is 4.70. The van der Waals surface area contributed by atoms with Crippen molar-refractivity contribution in [3.63, 3.8) is 0 Å². The summed E-state index contributed by atoms with van der Waals surface area (Å²) in [4.78, 5) is 32.9. The van der Waals surface area contributed by atoms with Gasteiger partial charge in [0.15, 0.2) is 5.69 Å².